The molecule has 2 aliphatic rings. The first-order valence-corrected chi connectivity index (χ1v) is 6.79. The van der Waals surface area contributed by atoms with E-state index in [2.05, 4.69) is 11.8 Å². The molecule has 1 heterocycles. The zero-order chi connectivity index (χ0) is 11.6. The number of hydrogen-bond acceptors (Lipinski definition) is 3. The predicted molar refractivity (Wildman–Crippen MR) is 66.2 cm³/mol. The zero-order valence-corrected chi connectivity index (χ0v) is 10.5. The van der Waals surface area contributed by atoms with Gasteiger partial charge in [0.15, 0.2) is 0 Å². The van der Waals surface area contributed by atoms with Gasteiger partial charge in [-0.25, -0.2) is 0 Å². The lowest BCUT2D eigenvalue weighted by atomic mass is 9.90. The number of nitrogens with zero attached hydrogens (tertiary/aromatic N) is 1. The third-order valence-corrected chi connectivity index (χ3v) is 4.40. The summed E-state index contributed by atoms with van der Waals surface area (Å²) in [6, 6.07) is 0.494. The molecule has 94 valence electrons. The van der Waals surface area contributed by atoms with Crippen LogP contribution in [0.3, 0.4) is 0 Å². The monoisotopic (exact) mass is 226 g/mol. The van der Waals surface area contributed by atoms with Gasteiger partial charge in [0.1, 0.15) is 0 Å². The van der Waals surface area contributed by atoms with Crippen molar-refractivity contribution in [2.75, 3.05) is 19.6 Å². The Balaban J connectivity index is 1.92. The van der Waals surface area contributed by atoms with Gasteiger partial charge in [-0.1, -0.05) is 19.8 Å². The van der Waals surface area contributed by atoms with E-state index in [9.17, 15) is 5.11 Å². The minimum absolute atomic E-state index is 0.409. The second kappa shape index (κ2) is 5.03. The van der Waals surface area contributed by atoms with E-state index in [0.29, 0.717) is 6.04 Å². The SMILES string of the molecule is CC1CCN(CC2(O)CCCC2)C(CN)C1. The standard InChI is InChI=1S/C13H26N2O/c1-11-4-7-15(12(8-11)9-14)10-13(16)5-2-3-6-13/h11-12,16H,2-10,14H2,1H3. The Kier molecular flexibility index (Phi) is 3.88. The fourth-order valence-corrected chi connectivity index (χ4v) is 3.32. The maximum atomic E-state index is 10.4. The van der Waals surface area contributed by atoms with Gasteiger partial charge < -0.3 is 10.8 Å². The van der Waals surface area contributed by atoms with Crippen molar-refractivity contribution in [1.82, 2.24) is 4.90 Å². The summed E-state index contributed by atoms with van der Waals surface area (Å²) in [7, 11) is 0. The fraction of sp³-hybridized carbons (Fsp3) is 1.00. The van der Waals surface area contributed by atoms with Gasteiger partial charge in [-0.15, -0.1) is 0 Å². The molecule has 0 radical (unpaired) electrons. The van der Waals surface area contributed by atoms with E-state index in [-0.39, 0.29) is 0 Å². The molecule has 0 bridgehead atoms. The van der Waals surface area contributed by atoms with Crippen molar-refractivity contribution >= 4 is 0 Å². The van der Waals surface area contributed by atoms with Crippen molar-refractivity contribution in [3.63, 3.8) is 0 Å². The zero-order valence-electron chi connectivity index (χ0n) is 10.5. The average molecular weight is 226 g/mol. The number of β-amino-alcohol motifs (C(OH)–C–C–N with tert-alkyl or cyclic N) is 1. The normalized spacial score (nSPS) is 35.4. The average Bonchev–Trinajstić information content (AvgIpc) is 2.68. The van der Waals surface area contributed by atoms with Crippen LogP contribution in [-0.2, 0) is 0 Å². The second-order valence-corrected chi connectivity index (χ2v) is 5.92. The van der Waals surface area contributed by atoms with E-state index in [0.717, 1.165) is 38.4 Å². The highest BCUT2D eigenvalue weighted by Crippen LogP contribution is 2.32. The highest BCUT2D eigenvalue weighted by atomic mass is 16.3. The van der Waals surface area contributed by atoms with Crippen LogP contribution in [0.25, 0.3) is 0 Å². The largest absolute Gasteiger partial charge is 0.389 e. The van der Waals surface area contributed by atoms with Crippen LogP contribution in [0.4, 0.5) is 0 Å². The van der Waals surface area contributed by atoms with Crippen LogP contribution in [0.1, 0.15) is 45.4 Å². The summed E-state index contributed by atoms with van der Waals surface area (Å²) < 4.78 is 0. The van der Waals surface area contributed by atoms with E-state index >= 15 is 0 Å². The Bertz CT molecular complexity index is 226. The minimum atomic E-state index is -0.409. The van der Waals surface area contributed by atoms with Gasteiger partial charge in [0.25, 0.3) is 0 Å². The molecule has 1 saturated heterocycles. The molecule has 3 N–H and O–H groups in total. The van der Waals surface area contributed by atoms with Crippen molar-refractivity contribution in [2.45, 2.75) is 57.1 Å². The summed E-state index contributed by atoms with van der Waals surface area (Å²) in [4.78, 5) is 2.44. The molecule has 3 heteroatoms. The van der Waals surface area contributed by atoms with Gasteiger partial charge in [-0.05, 0) is 38.1 Å². The summed E-state index contributed by atoms with van der Waals surface area (Å²) in [5.41, 5.74) is 5.44. The van der Waals surface area contributed by atoms with Gasteiger partial charge in [0.05, 0.1) is 5.60 Å². The summed E-state index contributed by atoms with van der Waals surface area (Å²) in [5, 5.41) is 10.4. The number of rotatable bonds is 3. The molecule has 1 aliphatic heterocycles. The second-order valence-electron chi connectivity index (χ2n) is 5.92. The molecular weight excluding hydrogens is 200 g/mol. The fourth-order valence-electron chi connectivity index (χ4n) is 3.32. The molecule has 3 nitrogen and oxygen atoms in total. The molecule has 0 aromatic rings. The minimum Gasteiger partial charge on any atom is -0.389 e. The van der Waals surface area contributed by atoms with Gasteiger partial charge in [0.2, 0.25) is 0 Å². The molecule has 2 rings (SSSR count). The molecule has 2 fully saturated rings. The Hall–Kier alpha value is -0.120. The maximum absolute atomic E-state index is 10.4. The first-order valence-electron chi connectivity index (χ1n) is 6.79. The summed E-state index contributed by atoms with van der Waals surface area (Å²) in [6.07, 6.45) is 6.80. The molecule has 2 unspecified atom stereocenters. The number of aliphatic hydroxyl groups is 1. The van der Waals surface area contributed by atoms with Crippen LogP contribution in [0.2, 0.25) is 0 Å². The van der Waals surface area contributed by atoms with E-state index < -0.39 is 5.60 Å². The van der Waals surface area contributed by atoms with Crippen LogP contribution in [0, 0.1) is 5.92 Å². The molecule has 0 aromatic carbocycles. The molecule has 0 aromatic heterocycles. The van der Waals surface area contributed by atoms with Crippen molar-refractivity contribution in [3.05, 3.63) is 0 Å². The van der Waals surface area contributed by atoms with Crippen LogP contribution >= 0.6 is 0 Å². The van der Waals surface area contributed by atoms with E-state index in [1.807, 2.05) is 0 Å². The molecule has 0 amide bonds. The number of nitrogens with two attached hydrogens (primary N) is 1. The summed E-state index contributed by atoms with van der Waals surface area (Å²) >= 11 is 0. The van der Waals surface area contributed by atoms with E-state index in [4.69, 9.17) is 5.73 Å². The van der Waals surface area contributed by atoms with Gasteiger partial charge >= 0.3 is 0 Å². The lowest BCUT2D eigenvalue weighted by molar-refractivity contribution is -0.0161. The maximum Gasteiger partial charge on any atom is 0.0774 e. The van der Waals surface area contributed by atoms with Gasteiger partial charge in [0, 0.05) is 19.1 Å². The van der Waals surface area contributed by atoms with E-state index in [1.54, 1.807) is 0 Å². The Labute approximate surface area is 99.0 Å². The van der Waals surface area contributed by atoms with Crippen molar-refractivity contribution in [3.8, 4) is 0 Å². The molecule has 1 saturated carbocycles. The number of hydrogen-bond donors (Lipinski definition) is 2. The lowest BCUT2D eigenvalue weighted by Crippen LogP contribution is -2.52. The molecule has 1 aliphatic carbocycles. The Morgan fingerprint density at radius 1 is 1.38 bits per heavy atom. The highest BCUT2D eigenvalue weighted by molar-refractivity contribution is 4.91. The van der Waals surface area contributed by atoms with Gasteiger partial charge in [-0.3, -0.25) is 4.90 Å². The number of piperidine rings is 1. The molecule has 2 atom stereocenters. The van der Waals surface area contributed by atoms with E-state index in [1.165, 1.54) is 25.7 Å². The van der Waals surface area contributed by atoms with Crippen LogP contribution in [-0.4, -0.2) is 41.3 Å². The topological polar surface area (TPSA) is 49.5 Å². The summed E-state index contributed by atoms with van der Waals surface area (Å²) in [5.74, 6) is 0.794. The van der Waals surface area contributed by atoms with Gasteiger partial charge in [-0.2, -0.15) is 0 Å². The summed E-state index contributed by atoms with van der Waals surface area (Å²) in [6.45, 7) is 5.01. The third-order valence-electron chi connectivity index (χ3n) is 4.40. The van der Waals surface area contributed by atoms with Crippen molar-refractivity contribution in [1.29, 1.82) is 0 Å². The van der Waals surface area contributed by atoms with Crippen LogP contribution in [0.15, 0.2) is 0 Å². The quantitative estimate of drug-likeness (QED) is 0.764. The first kappa shape index (κ1) is 12.3. The van der Waals surface area contributed by atoms with Crippen LogP contribution < -0.4 is 5.73 Å². The molecular formula is C13H26N2O. The Morgan fingerprint density at radius 3 is 2.69 bits per heavy atom. The molecule has 0 spiro atoms. The van der Waals surface area contributed by atoms with Crippen molar-refractivity contribution < 1.29 is 5.11 Å². The smallest absolute Gasteiger partial charge is 0.0774 e. The Morgan fingerprint density at radius 2 is 2.06 bits per heavy atom. The van der Waals surface area contributed by atoms with Crippen molar-refractivity contribution in [2.24, 2.45) is 11.7 Å². The van der Waals surface area contributed by atoms with Crippen LogP contribution in [0.5, 0.6) is 0 Å². The highest BCUT2D eigenvalue weighted by Gasteiger charge is 2.36. The first-order chi connectivity index (χ1) is 7.63. The third kappa shape index (κ3) is 2.76. The number of likely N-dealkylation sites (tertiary alicyclic amines) is 1. The molecule has 16 heavy (non-hydrogen) atoms. The lowest BCUT2D eigenvalue weighted by Gasteiger charge is -2.41. The predicted octanol–water partition coefficient (Wildman–Crippen LogP) is 1.35.